The molecule has 0 aliphatic carbocycles. The van der Waals surface area contributed by atoms with Crippen LogP contribution in [0, 0.1) is 12.8 Å². The number of hydrogen-bond donors (Lipinski definition) is 1. The second kappa shape index (κ2) is 5.80. The smallest absolute Gasteiger partial charge is 0.206 e. The minimum absolute atomic E-state index is 0.295. The molecule has 0 saturated heterocycles. The Kier molecular flexibility index (Phi) is 4.35. The monoisotopic (exact) mass is 281 g/mol. The molecule has 1 N–H and O–H groups in total. The van der Waals surface area contributed by atoms with Gasteiger partial charge in [-0.2, -0.15) is 0 Å². The number of nitrogens with zero attached hydrogens (tertiary/aromatic N) is 2. The van der Waals surface area contributed by atoms with Crippen molar-refractivity contribution in [1.82, 2.24) is 10.2 Å². The van der Waals surface area contributed by atoms with E-state index in [1.165, 1.54) is 9.75 Å². The molecule has 1 atom stereocenters. The maximum absolute atomic E-state index is 4.22. The van der Waals surface area contributed by atoms with E-state index in [9.17, 15) is 0 Å². The quantitative estimate of drug-likeness (QED) is 0.889. The molecule has 0 fully saturated rings. The fourth-order valence-electron chi connectivity index (χ4n) is 1.69. The second-order valence-corrected chi connectivity index (χ2v) is 7.29. The van der Waals surface area contributed by atoms with Crippen LogP contribution >= 0.6 is 22.7 Å². The topological polar surface area (TPSA) is 37.8 Å². The molecule has 0 saturated carbocycles. The fourth-order valence-corrected chi connectivity index (χ4v) is 3.60. The number of hydrogen-bond acceptors (Lipinski definition) is 5. The molecule has 0 aromatic carbocycles. The van der Waals surface area contributed by atoms with Crippen molar-refractivity contribution < 1.29 is 0 Å². The first-order valence-electron chi connectivity index (χ1n) is 6.20. The number of nitrogens with one attached hydrogen (secondary N) is 1. The summed E-state index contributed by atoms with van der Waals surface area (Å²) in [5.41, 5.74) is 0. The first-order chi connectivity index (χ1) is 8.54. The van der Waals surface area contributed by atoms with Crippen molar-refractivity contribution in [3.63, 3.8) is 0 Å². The predicted molar refractivity (Wildman–Crippen MR) is 79.5 cm³/mol. The molecule has 0 spiro atoms. The fraction of sp³-hybridized carbons (Fsp3) is 0.538. The van der Waals surface area contributed by atoms with E-state index in [0.717, 1.165) is 16.6 Å². The maximum Gasteiger partial charge on any atom is 0.206 e. The molecule has 0 aliphatic rings. The third-order valence-electron chi connectivity index (χ3n) is 2.58. The zero-order valence-electron chi connectivity index (χ0n) is 11.2. The minimum atomic E-state index is 0.295. The number of aryl methyl sites for hydroxylation is 1. The largest absolute Gasteiger partial charge is 0.353 e. The van der Waals surface area contributed by atoms with Crippen molar-refractivity contribution in [3.8, 4) is 0 Å². The third-order valence-corrected chi connectivity index (χ3v) is 4.64. The molecule has 0 aliphatic heterocycles. The zero-order valence-corrected chi connectivity index (χ0v) is 12.9. The van der Waals surface area contributed by atoms with Gasteiger partial charge in [-0.25, -0.2) is 0 Å². The van der Waals surface area contributed by atoms with Crippen LogP contribution in [0.4, 0.5) is 5.13 Å². The van der Waals surface area contributed by atoms with E-state index >= 15 is 0 Å². The summed E-state index contributed by atoms with van der Waals surface area (Å²) >= 11 is 3.49. The summed E-state index contributed by atoms with van der Waals surface area (Å²) in [4.78, 5) is 2.68. The van der Waals surface area contributed by atoms with Crippen molar-refractivity contribution in [2.24, 2.45) is 5.92 Å². The number of aromatic nitrogens is 2. The maximum atomic E-state index is 4.22. The average molecular weight is 281 g/mol. The van der Waals surface area contributed by atoms with Crippen LogP contribution in [0.15, 0.2) is 12.1 Å². The van der Waals surface area contributed by atoms with Crippen LogP contribution < -0.4 is 5.32 Å². The Morgan fingerprint density at radius 1 is 1.17 bits per heavy atom. The van der Waals surface area contributed by atoms with E-state index in [-0.39, 0.29) is 0 Å². The van der Waals surface area contributed by atoms with Crippen molar-refractivity contribution in [1.29, 1.82) is 0 Å². The highest BCUT2D eigenvalue weighted by Gasteiger charge is 2.11. The highest BCUT2D eigenvalue weighted by Crippen LogP contribution is 2.27. The van der Waals surface area contributed by atoms with Gasteiger partial charge in [-0.1, -0.05) is 25.2 Å². The average Bonchev–Trinajstić information content (AvgIpc) is 2.87. The van der Waals surface area contributed by atoms with Crippen LogP contribution in [-0.4, -0.2) is 10.2 Å². The number of anilines is 1. The van der Waals surface area contributed by atoms with Crippen LogP contribution in [0.3, 0.4) is 0 Å². The summed E-state index contributed by atoms with van der Waals surface area (Å²) in [5.74, 6) is 0.628. The Morgan fingerprint density at radius 3 is 2.56 bits per heavy atom. The van der Waals surface area contributed by atoms with Gasteiger partial charge in [0.05, 0.1) is 6.04 Å². The Balaban J connectivity index is 1.98. The van der Waals surface area contributed by atoms with E-state index in [1.54, 1.807) is 11.3 Å². The van der Waals surface area contributed by atoms with Crippen molar-refractivity contribution in [2.75, 3.05) is 5.32 Å². The SMILES string of the molecule is Cc1ccc(C(C)Nc2nnc(CC(C)C)s2)s1. The van der Waals surface area contributed by atoms with Gasteiger partial charge in [-0.3, -0.25) is 0 Å². The van der Waals surface area contributed by atoms with E-state index in [0.29, 0.717) is 12.0 Å². The lowest BCUT2D eigenvalue weighted by Gasteiger charge is -2.09. The van der Waals surface area contributed by atoms with E-state index < -0.39 is 0 Å². The van der Waals surface area contributed by atoms with Gasteiger partial charge in [0.25, 0.3) is 0 Å². The van der Waals surface area contributed by atoms with Crippen LogP contribution in [0.5, 0.6) is 0 Å². The Hall–Kier alpha value is -0.940. The second-order valence-electron chi connectivity index (χ2n) is 4.91. The van der Waals surface area contributed by atoms with Gasteiger partial charge in [-0.15, -0.1) is 21.5 Å². The van der Waals surface area contributed by atoms with Crippen LogP contribution in [-0.2, 0) is 6.42 Å². The van der Waals surface area contributed by atoms with Gasteiger partial charge >= 0.3 is 0 Å². The van der Waals surface area contributed by atoms with E-state index in [1.807, 2.05) is 11.3 Å². The molecule has 0 amide bonds. The van der Waals surface area contributed by atoms with Gasteiger partial charge in [0.15, 0.2) is 0 Å². The summed E-state index contributed by atoms with van der Waals surface area (Å²) in [7, 11) is 0. The molecule has 3 nitrogen and oxygen atoms in total. The molecule has 2 aromatic rings. The molecule has 2 heterocycles. The predicted octanol–water partition coefficient (Wildman–Crippen LogP) is 4.28. The minimum Gasteiger partial charge on any atom is -0.353 e. The Bertz CT molecular complexity index is 502. The third kappa shape index (κ3) is 3.53. The van der Waals surface area contributed by atoms with Gasteiger partial charge in [0.1, 0.15) is 5.01 Å². The van der Waals surface area contributed by atoms with Crippen LogP contribution in [0.25, 0.3) is 0 Å². The van der Waals surface area contributed by atoms with Gasteiger partial charge in [-0.05, 0) is 31.9 Å². The number of thiophene rings is 1. The lowest BCUT2D eigenvalue weighted by molar-refractivity contribution is 0.640. The molecule has 5 heteroatoms. The molecule has 0 radical (unpaired) electrons. The highest BCUT2D eigenvalue weighted by atomic mass is 32.1. The Morgan fingerprint density at radius 2 is 1.94 bits per heavy atom. The molecule has 98 valence electrons. The molecule has 2 aromatic heterocycles. The molecule has 2 rings (SSSR count). The molecular formula is C13H19N3S2. The van der Waals surface area contributed by atoms with Gasteiger partial charge in [0, 0.05) is 16.2 Å². The highest BCUT2D eigenvalue weighted by molar-refractivity contribution is 7.15. The molecule has 1 unspecified atom stereocenters. The summed E-state index contributed by atoms with van der Waals surface area (Å²) in [6.45, 7) is 8.69. The molecule has 18 heavy (non-hydrogen) atoms. The van der Waals surface area contributed by atoms with Crippen molar-refractivity contribution in [3.05, 3.63) is 26.9 Å². The lowest BCUT2D eigenvalue weighted by atomic mass is 10.1. The van der Waals surface area contributed by atoms with Crippen LogP contribution in [0.2, 0.25) is 0 Å². The standard InChI is InChI=1S/C13H19N3S2/c1-8(2)7-12-15-16-13(18-12)14-10(4)11-6-5-9(3)17-11/h5-6,8,10H,7H2,1-4H3,(H,14,16). The lowest BCUT2D eigenvalue weighted by Crippen LogP contribution is -2.04. The van der Waals surface area contributed by atoms with E-state index in [4.69, 9.17) is 0 Å². The van der Waals surface area contributed by atoms with Gasteiger partial charge < -0.3 is 5.32 Å². The first kappa shape index (κ1) is 13.5. The Labute approximate surface area is 116 Å². The molecular weight excluding hydrogens is 262 g/mol. The van der Waals surface area contributed by atoms with Crippen molar-refractivity contribution >= 4 is 27.8 Å². The zero-order chi connectivity index (χ0) is 13.1. The van der Waals surface area contributed by atoms with Crippen LogP contribution in [0.1, 0.15) is 41.6 Å². The summed E-state index contributed by atoms with van der Waals surface area (Å²) in [6.07, 6.45) is 1.01. The molecule has 0 bridgehead atoms. The first-order valence-corrected chi connectivity index (χ1v) is 7.83. The van der Waals surface area contributed by atoms with Gasteiger partial charge in [0.2, 0.25) is 5.13 Å². The summed E-state index contributed by atoms with van der Waals surface area (Å²) < 4.78 is 0. The normalized spacial score (nSPS) is 12.9. The summed E-state index contributed by atoms with van der Waals surface area (Å²) in [6, 6.07) is 4.62. The van der Waals surface area contributed by atoms with E-state index in [2.05, 4.69) is 55.3 Å². The van der Waals surface area contributed by atoms with Crippen molar-refractivity contribution in [2.45, 2.75) is 40.2 Å². The number of rotatable bonds is 5. The summed E-state index contributed by atoms with van der Waals surface area (Å²) in [5, 5.41) is 13.9.